The quantitative estimate of drug-likeness (QED) is 0.816. The molecule has 1 N–H and O–H groups in total. The maximum Gasteiger partial charge on any atom is 0.314 e. The lowest BCUT2D eigenvalue weighted by molar-refractivity contribution is -0.150. The zero-order valence-corrected chi connectivity index (χ0v) is 7.91. The molecule has 0 radical (unpaired) electrons. The molecule has 0 saturated heterocycles. The Morgan fingerprint density at radius 3 is 2.47 bits per heavy atom. The van der Waals surface area contributed by atoms with Gasteiger partial charge in [0.25, 0.3) is 0 Å². The van der Waals surface area contributed by atoms with Crippen molar-refractivity contribution in [1.29, 1.82) is 0 Å². The van der Waals surface area contributed by atoms with Crippen LogP contribution in [0.1, 0.15) is 18.4 Å². The first-order valence-electron chi connectivity index (χ1n) is 4.69. The Labute approximate surface area is 85.5 Å². The first kappa shape index (κ1) is 10.1. The molecule has 15 heavy (non-hydrogen) atoms. The highest BCUT2D eigenvalue weighted by molar-refractivity contribution is 5.83. The Balaban J connectivity index is 2.43. The smallest absolute Gasteiger partial charge is 0.314 e. The fraction of sp³-hybridized carbons (Fsp3) is 0.364. The van der Waals surface area contributed by atoms with Crippen LogP contribution in [0.2, 0.25) is 0 Å². The van der Waals surface area contributed by atoms with Gasteiger partial charge >= 0.3 is 5.97 Å². The molecule has 0 atom stereocenters. The molecule has 0 heterocycles. The molecule has 1 aliphatic carbocycles. The Morgan fingerprint density at radius 1 is 1.40 bits per heavy atom. The highest BCUT2D eigenvalue weighted by Gasteiger charge is 2.53. The van der Waals surface area contributed by atoms with E-state index < -0.39 is 23.4 Å². The highest BCUT2D eigenvalue weighted by atomic mass is 19.1. The summed E-state index contributed by atoms with van der Waals surface area (Å²) in [5.74, 6) is -1.73. The Morgan fingerprint density at radius 2 is 2.00 bits per heavy atom. The standard InChI is InChI=1S/C11H10F2O2/c12-7-5-11(6-7,10(14)15)8-3-1-2-4-9(8)13/h1-4,7H,5-6H2,(H,14,15). The highest BCUT2D eigenvalue weighted by Crippen LogP contribution is 2.46. The predicted molar refractivity (Wildman–Crippen MR) is 49.8 cm³/mol. The van der Waals surface area contributed by atoms with Gasteiger partial charge in [-0.1, -0.05) is 18.2 Å². The summed E-state index contributed by atoms with van der Waals surface area (Å²) in [5, 5.41) is 9.05. The van der Waals surface area contributed by atoms with E-state index in [1.807, 2.05) is 0 Å². The van der Waals surface area contributed by atoms with Crippen molar-refractivity contribution in [3.05, 3.63) is 35.6 Å². The second-order valence-corrected chi connectivity index (χ2v) is 3.87. The summed E-state index contributed by atoms with van der Waals surface area (Å²) in [6.07, 6.45) is -1.41. The molecule has 0 aliphatic heterocycles. The maximum atomic E-state index is 13.4. The van der Waals surface area contributed by atoms with Crippen LogP contribution < -0.4 is 0 Å². The van der Waals surface area contributed by atoms with Crippen LogP contribution in [0, 0.1) is 5.82 Å². The Kier molecular flexibility index (Phi) is 2.21. The van der Waals surface area contributed by atoms with E-state index >= 15 is 0 Å². The van der Waals surface area contributed by atoms with Gasteiger partial charge in [-0.2, -0.15) is 0 Å². The molecule has 0 bridgehead atoms. The van der Waals surface area contributed by atoms with Crippen LogP contribution in [-0.2, 0) is 10.2 Å². The SMILES string of the molecule is O=C(O)C1(c2ccccc2F)CC(F)C1. The fourth-order valence-electron chi connectivity index (χ4n) is 2.06. The van der Waals surface area contributed by atoms with Crippen LogP contribution in [0.3, 0.4) is 0 Å². The molecule has 1 saturated carbocycles. The molecule has 0 spiro atoms. The van der Waals surface area contributed by atoms with Crippen LogP contribution in [0.25, 0.3) is 0 Å². The minimum absolute atomic E-state index is 0.0893. The van der Waals surface area contributed by atoms with Crippen molar-refractivity contribution in [3.63, 3.8) is 0 Å². The number of hydrogen-bond acceptors (Lipinski definition) is 1. The van der Waals surface area contributed by atoms with E-state index in [0.717, 1.165) is 0 Å². The second kappa shape index (κ2) is 3.29. The van der Waals surface area contributed by atoms with Crippen LogP contribution in [0.15, 0.2) is 24.3 Å². The molecule has 1 aromatic carbocycles. The lowest BCUT2D eigenvalue weighted by Crippen LogP contribution is -2.49. The van der Waals surface area contributed by atoms with Crippen LogP contribution in [0.4, 0.5) is 8.78 Å². The average Bonchev–Trinajstić information content (AvgIpc) is 2.13. The number of carboxylic acid groups (broad SMARTS) is 1. The molecule has 0 aromatic heterocycles. The largest absolute Gasteiger partial charge is 0.481 e. The molecule has 2 rings (SSSR count). The molecule has 1 aliphatic rings. The summed E-state index contributed by atoms with van der Waals surface area (Å²) >= 11 is 0. The molecular weight excluding hydrogens is 202 g/mol. The van der Waals surface area contributed by atoms with Gasteiger partial charge in [0.1, 0.15) is 17.4 Å². The van der Waals surface area contributed by atoms with E-state index in [1.54, 1.807) is 6.07 Å². The minimum atomic E-state index is -1.36. The van der Waals surface area contributed by atoms with Gasteiger partial charge in [0, 0.05) is 5.56 Å². The van der Waals surface area contributed by atoms with Crippen molar-refractivity contribution < 1.29 is 18.7 Å². The minimum Gasteiger partial charge on any atom is -0.481 e. The van der Waals surface area contributed by atoms with Crippen molar-refractivity contribution in [1.82, 2.24) is 0 Å². The van der Waals surface area contributed by atoms with E-state index in [9.17, 15) is 13.6 Å². The third-order valence-corrected chi connectivity index (χ3v) is 2.94. The normalized spacial score (nSPS) is 29.6. The van der Waals surface area contributed by atoms with E-state index in [-0.39, 0.29) is 18.4 Å². The van der Waals surface area contributed by atoms with E-state index in [0.29, 0.717) is 0 Å². The number of alkyl halides is 1. The summed E-state index contributed by atoms with van der Waals surface area (Å²) in [6, 6.07) is 5.66. The number of halogens is 2. The lowest BCUT2D eigenvalue weighted by Gasteiger charge is -2.40. The van der Waals surface area contributed by atoms with E-state index in [4.69, 9.17) is 5.11 Å². The summed E-state index contributed by atoms with van der Waals surface area (Å²) in [7, 11) is 0. The van der Waals surface area contributed by atoms with E-state index in [1.165, 1.54) is 18.2 Å². The first-order valence-corrected chi connectivity index (χ1v) is 4.69. The van der Waals surface area contributed by atoms with Crippen molar-refractivity contribution in [2.45, 2.75) is 24.4 Å². The van der Waals surface area contributed by atoms with Gasteiger partial charge in [0.05, 0.1) is 0 Å². The van der Waals surface area contributed by atoms with Crippen LogP contribution in [0.5, 0.6) is 0 Å². The molecule has 4 heteroatoms. The molecular formula is C11H10F2O2. The summed E-state index contributed by atoms with van der Waals surface area (Å²) < 4.78 is 26.2. The number of benzene rings is 1. The van der Waals surface area contributed by atoms with Crippen molar-refractivity contribution >= 4 is 5.97 Å². The number of carbonyl (C=O) groups is 1. The third-order valence-electron chi connectivity index (χ3n) is 2.94. The van der Waals surface area contributed by atoms with Crippen molar-refractivity contribution in [2.75, 3.05) is 0 Å². The van der Waals surface area contributed by atoms with Gasteiger partial charge in [-0.15, -0.1) is 0 Å². The van der Waals surface area contributed by atoms with Gasteiger partial charge in [-0.3, -0.25) is 4.79 Å². The zero-order chi connectivity index (χ0) is 11.1. The number of hydrogen-bond donors (Lipinski definition) is 1. The van der Waals surface area contributed by atoms with Gasteiger partial charge in [-0.05, 0) is 18.9 Å². The monoisotopic (exact) mass is 212 g/mol. The molecule has 0 unspecified atom stereocenters. The number of carboxylic acids is 1. The summed E-state index contributed by atoms with van der Waals surface area (Å²) in [4.78, 5) is 11.1. The van der Waals surface area contributed by atoms with Crippen LogP contribution >= 0.6 is 0 Å². The first-order chi connectivity index (χ1) is 7.06. The molecule has 0 amide bonds. The van der Waals surface area contributed by atoms with Crippen molar-refractivity contribution in [3.8, 4) is 0 Å². The number of rotatable bonds is 2. The Bertz CT molecular complexity index is 397. The topological polar surface area (TPSA) is 37.3 Å². The fourth-order valence-corrected chi connectivity index (χ4v) is 2.06. The lowest BCUT2D eigenvalue weighted by atomic mass is 9.63. The molecule has 80 valence electrons. The zero-order valence-electron chi connectivity index (χ0n) is 7.91. The molecule has 1 aromatic rings. The summed E-state index contributed by atoms with van der Waals surface area (Å²) in [5.41, 5.74) is -1.27. The maximum absolute atomic E-state index is 13.4. The molecule has 2 nitrogen and oxygen atoms in total. The van der Waals surface area contributed by atoms with Gasteiger partial charge in [-0.25, -0.2) is 8.78 Å². The predicted octanol–water partition coefficient (Wildman–Crippen LogP) is 2.28. The third kappa shape index (κ3) is 1.40. The molecule has 1 fully saturated rings. The van der Waals surface area contributed by atoms with Crippen LogP contribution in [-0.4, -0.2) is 17.2 Å². The van der Waals surface area contributed by atoms with Gasteiger partial charge < -0.3 is 5.11 Å². The average molecular weight is 212 g/mol. The number of aliphatic carboxylic acids is 1. The van der Waals surface area contributed by atoms with Gasteiger partial charge in [0.2, 0.25) is 0 Å². The van der Waals surface area contributed by atoms with Gasteiger partial charge in [0.15, 0.2) is 0 Å². The van der Waals surface area contributed by atoms with Crippen molar-refractivity contribution in [2.24, 2.45) is 0 Å². The second-order valence-electron chi connectivity index (χ2n) is 3.87. The Hall–Kier alpha value is -1.45. The van der Waals surface area contributed by atoms with E-state index in [2.05, 4.69) is 0 Å². The summed E-state index contributed by atoms with van der Waals surface area (Å²) in [6.45, 7) is 0.